The quantitative estimate of drug-likeness (QED) is 0.770. The lowest BCUT2D eigenvalue weighted by molar-refractivity contribution is 0.356. The Kier molecular flexibility index (Phi) is 2.82. The standard InChI is InChI=1S/C15H15NO4/c1-18-8-4-5-10-9(6-8)13-14(16-10)11(17)7-12(19-2)15(13)20-3/h4-7,16-17H,1-3H3. The Balaban J connectivity index is 2.50. The Morgan fingerprint density at radius 3 is 2.45 bits per heavy atom. The topological polar surface area (TPSA) is 63.7 Å². The molecule has 0 radical (unpaired) electrons. The van der Waals surface area contributed by atoms with Crippen molar-refractivity contribution in [2.75, 3.05) is 21.3 Å². The number of H-pyrrole nitrogens is 1. The molecule has 0 bridgehead atoms. The number of aromatic nitrogens is 1. The van der Waals surface area contributed by atoms with Crippen LogP contribution in [-0.4, -0.2) is 31.4 Å². The molecular formula is C15H15NO4. The van der Waals surface area contributed by atoms with Crippen molar-refractivity contribution in [3.05, 3.63) is 24.3 Å². The van der Waals surface area contributed by atoms with Crippen LogP contribution in [0.2, 0.25) is 0 Å². The van der Waals surface area contributed by atoms with Gasteiger partial charge in [-0.25, -0.2) is 0 Å². The SMILES string of the molecule is COc1ccc2[nH]c3c(O)cc(OC)c(OC)c3c2c1. The first-order valence-electron chi connectivity index (χ1n) is 6.13. The van der Waals surface area contributed by atoms with Crippen molar-refractivity contribution in [1.29, 1.82) is 0 Å². The summed E-state index contributed by atoms with van der Waals surface area (Å²) in [7, 11) is 4.73. The number of benzene rings is 2. The Bertz CT molecular complexity index is 792. The molecule has 2 aromatic carbocycles. The van der Waals surface area contributed by atoms with E-state index in [1.165, 1.54) is 6.07 Å². The van der Waals surface area contributed by atoms with Crippen LogP contribution < -0.4 is 14.2 Å². The summed E-state index contributed by atoms with van der Waals surface area (Å²) in [5.74, 6) is 1.93. The summed E-state index contributed by atoms with van der Waals surface area (Å²) in [6.07, 6.45) is 0. The summed E-state index contributed by atoms with van der Waals surface area (Å²) >= 11 is 0. The van der Waals surface area contributed by atoms with E-state index in [-0.39, 0.29) is 5.75 Å². The fraction of sp³-hybridized carbons (Fsp3) is 0.200. The Morgan fingerprint density at radius 1 is 1.00 bits per heavy atom. The second-order valence-corrected chi connectivity index (χ2v) is 4.42. The van der Waals surface area contributed by atoms with Crippen LogP contribution >= 0.6 is 0 Å². The van der Waals surface area contributed by atoms with E-state index in [2.05, 4.69) is 4.98 Å². The van der Waals surface area contributed by atoms with Crippen LogP contribution in [0.15, 0.2) is 24.3 Å². The summed E-state index contributed by atoms with van der Waals surface area (Å²) in [5, 5.41) is 11.8. The van der Waals surface area contributed by atoms with Gasteiger partial charge in [0.05, 0.1) is 32.2 Å². The van der Waals surface area contributed by atoms with E-state index in [0.717, 1.165) is 22.0 Å². The van der Waals surface area contributed by atoms with Gasteiger partial charge in [-0.15, -0.1) is 0 Å². The maximum Gasteiger partial charge on any atom is 0.170 e. The molecule has 20 heavy (non-hydrogen) atoms. The molecule has 0 amide bonds. The van der Waals surface area contributed by atoms with Crippen LogP contribution in [0.1, 0.15) is 0 Å². The van der Waals surface area contributed by atoms with Crippen LogP contribution in [0.3, 0.4) is 0 Å². The van der Waals surface area contributed by atoms with E-state index in [9.17, 15) is 5.11 Å². The first kappa shape index (κ1) is 12.5. The molecule has 0 saturated heterocycles. The van der Waals surface area contributed by atoms with Crippen molar-refractivity contribution < 1.29 is 19.3 Å². The Labute approximate surface area is 115 Å². The summed E-state index contributed by atoms with van der Waals surface area (Å²) in [6.45, 7) is 0. The van der Waals surface area contributed by atoms with E-state index < -0.39 is 0 Å². The van der Waals surface area contributed by atoms with Gasteiger partial charge in [0.2, 0.25) is 0 Å². The minimum absolute atomic E-state index is 0.118. The number of ether oxygens (including phenoxy) is 3. The summed E-state index contributed by atoms with van der Waals surface area (Å²) in [5.41, 5.74) is 1.51. The van der Waals surface area contributed by atoms with E-state index in [4.69, 9.17) is 14.2 Å². The molecular weight excluding hydrogens is 258 g/mol. The van der Waals surface area contributed by atoms with E-state index in [1.807, 2.05) is 18.2 Å². The lowest BCUT2D eigenvalue weighted by atomic mass is 10.1. The normalized spacial score (nSPS) is 10.9. The highest BCUT2D eigenvalue weighted by atomic mass is 16.5. The van der Waals surface area contributed by atoms with E-state index in [0.29, 0.717) is 17.0 Å². The zero-order valence-corrected chi connectivity index (χ0v) is 11.5. The minimum atomic E-state index is 0.118. The lowest BCUT2D eigenvalue weighted by Gasteiger charge is -2.10. The predicted octanol–water partition coefficient (Wildman–Crippen LogP) is 3.05. The van der Waals surface area contributed by atoms with E-state index in [1.54, 1.807) is 21.3 Å². The first-order valence-corrected chi connectivity index (χ1v) is 6.13. The van der Waals surface area contributed by atoms with Gasteiger partial charge in [0.15, 0.2) is 11.5 Å². The maximum absolute atomic E-state index is 10.1. The molecule has 1 heterocycles. The Hall–Kier alpha value is -2.56. The predicted molar refractivity (Wildman–Crippen MR) is 77.1 cm³/mol. The zero-order chi connectivity index (χ0) is 14.3. The van der Waals surface area contributed by atoms with Gasteiger partial charge in [-0.3, -0.25) is 0 Å². The van der Waals surface area contributed by atoms with Crippen molar-refractivity contribution >= 4 is 21.8 Å². The molecule has 0 aliphatic carbocycles. The van der Waals surface area contributed by atoms with Gasteiger partial charge in [0, 0.05) is 17.0 Å². The summed E-state index contributed by atoms with van der Waals surface area (Å²) < 4.78 is 16.0. The molecule has 0 unspecified atom stereocenters. The van der Waals surface area contributed by atoms with Gasteiger partial charge in [-0.05, 0) is 18.2 Å². The number of aromatic hydroxyl groups is 1. The van der Waals surface area contributed by atoms with Crippen molar-refractivity contribution in [3.8, 4) is 23.0 Å². The second-order valence-electron chi connectivity index (χ2n) is 4.42. The molecule has 2 N–H and O–H groups in total. The number of phenols is 1. The molecule has 1 aromatic heterocycles. The number of fused-ring (bicyclic) bond motifs is 3. The highest BCUT2D eigenvalue weighted by Gasteiger charge is 2.18. The summed E-state index contributed by atoms with van der Waals surface area (Å²) in [6, 6.07) is 7.20. The van der Waals surface area contributed by atoms with Crippen molar-refractivity contribution in [1.82, 2.24) is 4.98 Å². The highest BCUT2D eigenvalue weighted by Crippen LogP contribution is 2.44. The molecule has 0 aliphatic rings. The minimum Gasteiger partial charge on any atom is -0.506 e. The van der Waals surface area contributed by atoms with Gasteiger partial charge < -0.3 is 24.3 Å². The molecule has 3 aromatic rings. The molecule has 104 valence electrons. The third-order valence-corrected chi connectivity index (χ3v) is 3.40. The molecule has 3 rings (SSSR count). The van der Waals surface area contributed by atoms with Crippen LogP contribution in [-0.2, 0) is 0 Å². The second kappa shape index (κ2) is 4.52. The molecule has 5 heteroatoms. The zero-order valence-electron chi connectivity index (χ0n) is 11.5. The summed E-state index contributed by atoms with van der Waals surface area (Å²) in [4.78, 5) is 3.18. The van der Waals surface area contributed by atoms with Crippen molar-refractivity contribution in [2.24, 2.45) is 0 Å². The molecule has 5 nitrogen and oxygen atoms in total. The highest BCUT2D eigenvalue weighted by molar-refractivity contribution is 6.13. The fourth-order valence-corrected chi connectivity index (χ4v) is 2.47. The third kappa shape index (κ3) is 1.63. The molecule has 0 saturated carbocycles. The van der Waals surface area contributed by atoms with Crippen molar-refractivity contribution in [2.45, 2.75) is 0 Å². The van der Waals surface area contributed by atoms with E-state index >= 15 is 0 Å². The molecule has 0 fully saturated rings. The number of hydrogen-bond donors (Lipinski definition) is 2. The smallest absolute Gasteiger partial charge is 0.170 e. The van der Waals surface area contributed by atoms with Crippen LogP contribution in [0.4, 0.5) is 0 Å². The number of nitrogens with one attached hydrogen (secondary N) is 1. The lowest BCUT2D eigenvalue weighted by Crippen LogP contribution is -1.91. The monoisotopic (exact) mass is 273 g/mol. The van der Waals surface area contributed by atoms with Crippen LogP contribution in [0.25, 0.3) is 21.8 Å². The maximum atomic E-state index is 10.1. The molecule has 0 spiro atoms. The van der Waals surface area contributed by atoms with Crippen LogP contribution in [0.5, 0.6) is 23.0 Å². The van der Waals surface area contributed by atoms with Gasteiger partial charge in [-0.2, -0.15) is 0 Å². The molecule has 0 atom stereocenters. The average Bonchev–Trinajstić information content (AvgIpc) is 2.86. The first-order chi connectivity index (χ1) is 9.69. The number of aromatic amines is 1. The van der Waals surface area contributed by atoms with Crippen LogP contribution in [0, 0.1) is 0 Å². The number of methoxy groups -OCH3 is 3. The van der Waals surface area contributed by atoms with Crippen molar-refractivity contribution in [3.63, 3.8) is 0 Å². The molecule has 0 aliphatic heterocycles. The largest absolute Gasteiger partial charge is 0.506 e. The average molecular weight is 273 g/mol. The van der Waals surface area contributed by atoms with Gasteiger partial charge in [0.25, 0.3) is 0 Å². The number of hydrogen-bond acceptors (Lipinski definition) is 4. The fourth-order valence-electron chi connectivity index (χ4n) is 2.47. The number of rotatable bonds is 3. The third-order valence-electron chi connectivity index (χ3n) is 3.40. The Morgan fingerprint density at radius 2 is 1.80 bits per heavy atom. The van der Waals surface area contributed by atoms with Gasteiger partial charge in [0.1, 0.15) is 11.5 Å². The van der Waals surface area contributed by atoms with Gasteiger partial charge in [-0.1, -0.05) is 0 Å². The number of phenolic OH excluding ortho intramolecular Hbond substituents is 1. The van der Waals surface area contributed by atoms with Gasteiger partial charge >= 0.3 is 0 Å².